The van der Waals surface area contributed by atoms with E-state index in [2.05, 4.69) is 15.4 Å². The van der Waals surface area contributed by atoms with Crippen LogP contribution in [0.15, 0.2) is 23.0 Å². The number of rotatable bonds is 8. The second-order valence-electron chi connectivity index (χ2n) is 17.3. The number of aromatic nitrogens is 2. The van der Waals surface area contributed by atoms with E-state index in [0.29, 0.717) is 61.7 Å². The lowest BCUT2D eigenvalue weighted by Gasteiger charge is -2.32. The number of sulfonamides is 1. The predicted octanol–water partition coefficient (Wildman–Crippen LogP) is 3.67. The van der Waals surface area contributed by atoms with Crippen molar-refractivity contribution in [3.8, 4) is 11.8 Å². The Labute approximate surface area is 338 Å². The van der Waals surface area contributed by atoms with Gasteiger partial charge < -0.3 is 29.7 Å². The van der Waals surface area contributed by atoms with E-state index in [1.165, 1.54) is 16.6 Å². The molecule has 1 saturated heterocycles. The number of fused-ring (bicyclic) bond motifs is 5. The number of benzene rings is 1. The van der Waals surface area contributed by atoms with E-state index in [1.54, 1.807) is 18.2 Å². The van der Waals surface area contributed by atoms with E-state index in [4.69, 9.17) is 19.2 Å². The molecule has 316 valence electrons. The van der Waals surface area contributed by atoms with Gasteiger partial charge >= 0.3 is 6.09 Å². The van der Waals surface area contributed by atoms with E-state index in [-0.39, 0.29) is 54.8 Å². The Balaban J connectivity index is 1.14. The van der Waals surface area contributed by atoms with Crippen molar-refractivity contribution in [2.75, 3.05) is 13.7 Å². The zero-order chi connectivity index (χ0) is 40.8. The molecular formula is C41H56N6O10S. The van der Waals surface area contributed by atoms with Crippen LogP contribution in [0.5, 0.6) is 11.8 Å². The van der Waals surface area contributed by atoms with Gasteiger partial charge in [-0.2, -0.15) is 4.98 Å². The molecule has 8 rings (SSSR count). The summed E-state index contributed by atoms with van der Waals surface area (Å²) in [6, 6.07) is 2.99. The molecule has 16 nitrogen and oxygen atoms in total. The van der Waals surface area contributed by atoms with Gasteiger partial charge in [0.2, 0.25) is 21.8 Å². The highest BCUT2D eigenvalue weighted by Gasteiger charge is 2.62. The molecule has 1 aromatic heterocycles. The number of ether oxygens (including phenoxy) is 3. The number of nitrogens with one attached hydrogen (secondary N) is 3. The molecule has 58 heavy (non-hydrogen) atoms. The summed E-state index contributed by atoms with van der Waals surface area (Å²) in [5.74, 6) is -1.66. The van der Waals surface area contributed by atoms with Crippen molar-refractivity contribution >= 4 is 44.7 Å². The van der Waals surface area contributed by atoms with Crippen LogP contribution >= 0.6 is 0 Å². The molecule has 6 aliphatic rings. The van der Waals surface area contributed by atoms with Gasteiger partial charge in [-0.25, -0.2) is 13.2 Å². The summed E-state index contributed by atoms with van der Waals surface area (Å²) in [4.78, 5) is 77.0. The summed E-state index contributed by atoms with van der Waals surface area (Å²) >= 11 is 0. The number of amides is 4. The first-order chi connectivity index (χ1) is 27.9. The largest absolute Gasteiger partial charge is 0.497 e. The average Bonchev–Trinajstić information content (AvgIpc) is 3.99. The highest BCUT2D eigenvalue weighted by Crippen LogP contribution is 2.47. The average molecular weight is 825 g/mol. The Bertz CT molecular complexity index is 2100. The van der Waals surface area contributed by atoms with Crippen molar-refractivity contribution in [3.05, 3.63) is 28.6 Å². The van der Waals surface area contributed by atoms with Crippen LogP contribution in [0.4, 0.5) is 4.79 Å². The zero-order valence-corrected chi connectivity index (χ0v) is 34.2. The normalized spacial score (nSPS) is 30.9. The minimum Gasteiger partial charge on any atom is -0.497 e. The van der Waals surface area contributed by atoms with Crippen LogP contribution in [0.25, 0.3) is 10.9 Å². The number of methoxy groups -OCH3 is 1. The number of alkyl carbamates (subject to hydrolysis) is 1. The van der Waals surface area contributed by atoms with Gasteiger partial charge in [0.25, 0.3) is 17.5 Å². The molecule has 7 atom stereocenters. The molecule has 0 spiro atoms. The van der Waals surface area contributed by atoms with Crippen LogP contribution in [0.1, 0.15) is 110 Å². The van der Waals surface area contributed by atoms with E-state index in [9.17, 15) is 32.4 Å². The quantitative estimate of drug-likeness (QED) is 0.351. The van der Waals surface area contributed by atoms with Crippen LogP contribution in [0.2, 0.25) is 0 Å². The molecule has 2 aromatic rings. The molecule has 3 heterocycles. The van der Waals surface area contributed by atoms with Crippen molar-refractivity contribution in [2.45, 2.75) is 151 Å². The van der Waals surface area contributed by atoms with Gasteiger partial charge in [0.15, 0.2) is 0 Å². The summed E-state index contributed by atoms with van der Waals surface area (Å²) in [6.07, 6.45) is 9.05. The third kappa shape index (κ3) is 8.11. The second-order valence-corrected chi connectivity index (χ2v) is 19.3. The number of carbonyl (C=O) groups is 4. The van der Waals surface area contributed by atoms with Gasteiger partial charge in [0.05, 0.1) is 29.8 Å². The Morgan fingerprint density at radius 2 is 1.71 bits per heavy atom. The van der Waals surface area contributed by atoms with Crippen LogP contribution in [-0.2, 0) is 35.7 Å². The molecule has 0 radical (unpaired) electrons. The summed E-state index contributed by atoms with van der Waals surface area (Å²) in [5, 5.41) is 5.60. The second kappa shape index (κ2) is 16.3. The molecule has 2 aliphatic heterocycles. The third-order valence-electron chi connectivity index (χ3n) is 13.5. The van der Waals surface area contributed by atoms with Gasteiger partial charge in [0, 0.05) is 19.0 Å². The number of carbonyl (C=O) groups excluding carboxylic acids is 4. The van der Waals surface area contributed by atoms with Crippen molar-refractivity contribution in [2.24, 2.45) is 17.8 Å². The highest BCUT2D eigenvalue weighted by atomic mass is 32.2. The van der Waals surface area contributed by atoms with E-state index in [1.807, 2.05) is 6.92 Å². The lowest BCUT2D eigenvalue weighted by Crippen LogP contribution is -2.59. The molecule has 4 amide bonds. The minimum atomic E-state index is -3.89. The Morgan fingerprint density at radius 1 is 0.966 bits per heavy atom. The molecular weight excluding hydrogens is 769 g/mol. The van der Waals surface area contributed by atoms with Crippen LogP contribution in [0, 0.1) is 17.8 Å². The van der Waals surface area contributed by atoms with E-state index in [0.717, 1.165) is 51.4 Å². The summed E-state index contributed by atoms with van der Waals surface area (Å²) < 4.78 is 47.4. The monoisotopic (exact) mass is 824 g/mol. The van der Waals surface area contributed by atoms with Crippen molar-refractivity contribution in [1.82, 2.24) is 29.8 Å². The van der Waals surface area contributed by atoms with Crippen molar-refractivity contribution in [3.63, 3.8) is 0 Å². The van der Waals surface area contributed by atoms with Crippen molar-refractivity contribution < 1.29 is 41.8 Å². The maximum atomic E-state index is 14.9. The molecule has 1 aromatic carbocycles. The Morgan fingerprint density at radius 3 is 2.43 bits per heavy atom. The molecule has 4 saturated carbocycles. The molecule has 3 N–H and O–H groups in total. The van der Waals surface area contributed by atoms with Gasteiger partial charge in [-0.1, -0.05) is 39.0 Å². The molecule has 0 unspecified atom stereocenters. The van der Waals surface area contributed by atoms with Crippen LogP contribution in [-0.4, -0.2) is 95.4 Å². The van der Waals surface area contributed by atoms with Gasteiger partial charge in [-0.3, -0.25) is 28.5 Å². The fourth-order valence-corrected chi connectivity index (χ4v) is 11.3. The standard InChI is InChI=1S/C41H56N6O10S/c1-3-26-22-41(26,38(51)45-58(53,54)29-16-17-29)44-35(48)32-21-28-23-47(32)37(50)34(25-11-6-7-12-25)43-40(52)57-33-14-9-13-24(33)10-5-4-8-19-46-36(49)30-18-15-27(55-2)20-31(30)42-39(46)56-28/h15,18,20,24-26,28-29,32-34H,3-14,16-17,19,21-23H2,1-2H3,(H,43,52)(H,44,48)(H,45,51)/t24-,26-,28-,32+,33-,34+,41-/m1/s1. The fourth-order valence-electron chi connectivity index (χ4n) is 9.90. The highest BCUT2D eigenvalue weighted by molar-refractivity contribution is 7.91. The Kier molecular flexibility index (Phi) is 11.4. The lowest BCUT2D eigenvalue weighted by atomic mass is 9.96. The predicted molar refractivity (Wildman–Crippen MR) is 211 cm³/mol. The maximum Gasteiger partial charge on any atom is 0.408 e. The zero-order valence-electron chi connectivity index (χ0n) is 33.4. The maximum absolute atomic E-state index is 14.9. The van der Waals surface area contributed by atoms with Gasteiger partial charge in [-0.15, -0.1) is 0 Å². The number of hydrogen-bond acceptors (Lipinski definition) is 11. The summed E-state index contributed by atoms with van der Waals surface area (Å²) in [5.41, 5.74) is -1.36. The first kappa shape index (κ1) is 40.4. The minimum absolute atomic E-state index is 0.00988. The van der Waals surface area contributed by atoms with E-state index >= 15 is 0 Å². The van der Waals surface area contributed by atoms with Gasteiger partial charge in [-0.05, 0) is 94.1 Å². The first-order valence-corrected chi connectivity index (χ1v) is 22.9. The molecule has 5 fully saturated rings. The fraction of sp³-hybridized carbons (Fsp3) is 0.707. The third-order valence-corrected chi connectivity index (χ3v) is 15.3. The Hall–Kier alpha value is -4.41. The SMILES string of the molecule is CC[C@@H]1C[C@]1(NC(=O)[C@@H]1C[C@@H]2CN1C(=O)[C@H](C1CCCC1)NC(=O)O[C@@H]1CCC[C@H]1CCCCCn1c(nc3cc(OC)ccc3c1=O)O2)C(=O)NS(=O)(=O)C1CC1. The summed E-state index contributed by atoms with van der Waals surface area (Å²) in [7, 11) is -2.36. The molecule has 17 heteroatoms. The molecule has 2 bridgehead atoms. The smallest absolute Gasteiger partial charge is 0.408 e. The topological polar surface area (TPSA) is 204 Å². The lowest BCUT2D eigenvalue weighted by molar-refractivity contribution is -0.142. The first-order valence-electron chi connectivity index (χ1n) is 21.3. The van der Waals surface area contributed by atoms with Crippen molar-refractivity contribution in [1.29, 1.82) is 0 Å². The summed E-state index contributed by atoms with van der Waals surface area (Å²) in [6.45, 7) is 2.13. The van der Waals surface area contributed by atoms with Gasteiger partial charge in [0.1, 0.15) is 35.6 Å². The van der Waals surface area contributed by atoms with Crippen LogP contribution in [0.3, 0.4) is 0 Å². The van der Waals surface area contributed by atoms with Crippen LogP contribution < -0.4 is 30.4 Å². The number of hydrogen-bond donors (Lipinski definition) is 3. The van der Waals surface area contributed by atoms with E-state index < -0.39 is 62.8 Å². The molecule has 4 aliphatic carbocycles. The number of nitrogens with zero attached hydrogens (tertiary/aromatic N) is 3.